The second kappa shape index (κ2) is 9.36. The summed E-state index contributed by atoms with van der Waals surface area (Å²) in [5, 5.41) is 9.19. The Morgan fingerprint density at radius 2 is 1.93 bits per heavy atom. The van der Waals surface area contributed by atoms with Gasteiger partial charge in [0.1, 0.15) is 5.69 Å². The average Bonchev–Trinajstić information content (AvgIpc) is 2.78. The molecule has 0 saturated carbocycles. The highest BCUT2D eigenvalue weighted by Gasteiger charge is 2.24. The molecule has 2 aromatic carbocycles. The Bertz CT molecular complexity index is 1040. The van der Waals surface area contributed by atoms with Gasteiger partial charge in [0, 0.05) is 24.2 Å². The van der Waals surface area contributed by atoms with Crippen LogP contribution in [0.25, 0.3) is 11.3 Å². The Morgan fingerprint density at radius 1 is 1.10 bits per heavy atom. The number of benzene rings is 2. The van der Waals surface area contributed by atoms with E-state index in [4.69, 9.17) is 4.74 Å². The number of hydrogen-bond donors (Lipinski definition) is 0. The van der Waals surface area contributed by atoms with Crippen LogP contribution >= 0.6 is 11.8 Å². The molecule has 154 valence electrons. The number of anilines is 1. The summed E-state index contributed by atoms with van der Waals surface area (Å²) < 4.78 is 5.79. The van der Waals surface area contributed by atoms with Crippen molar-refractivity contribution in [1.29, 1.82) is 0 Å². The van der Waals surface area contributed by atoms with Crippen molar-refractivity contribution in [2.24, 2.45) is 0 Å². The maximum Gasteiger partial charge on any atom is 0.227 e. The van der Waals surface area contributed by atoms with Gasteiger partial charge in [0.15, 0.2) is 0 Å². The molecule has 7 heteroatoms. The molecule has 0 atom stereocenters. The Labute approximate surface area is 180 Å². The molecule has 0 fully saturated rings. The van der Waals surface area contributed by atoms with Gasteiger partial charge >= 0.3 is 0 Å². The maximum absolute atomic E-state index is 12.5. The first-order valence-corrected chi connectivity index (χ1v) is 11.2. The molecule has 4 rings (SSSR count). The van der Waals surface area contributed by atoms with E-state index in [1.807, 2.05) is 60.5 Å². The summed E-state index contributed by atoms with van der Waals surface area (Å²) in [5.41, 5.74) is 5.85. The lowest BCUT2D eigenvalue weighted by molar-refractivity contribution is -0.119. The number of aryl methyl sites for hydroxylation is 2. The highest BCUT2D eigenvalue weighted by molar-refractivity contribution is 7.98. The van der Waals surface area contributed by atoms with E-state index in [0.29, 0.717) is 31.3 Å². The molecule has 0 N–H and O–H groups in total. The predicted octanol–water partition coefficient (Wildman–Crippen LogP) is 4.06. The Balaban J connectivity index is 1.47. The first-order chi connectivity index (χ1) is 14.7. The first-order valence-electron chi connectivity index (χ1n) is 9.96. The molecule has 0 unspecified atom stereocenters. The van der Waals surface area contributed by atoms with Crippen LogP contribution in [-0.4, -0.2) is 40.5 Å². The number of ether oxygens (including phenoxy) is 1. The molecule has 0 aliphatic carbocycles. The highest BCUT2D eigenvalue weighted by atomic mass is 32.2. The van der Waals surface area contributed by atoms with Crippen LogP contribution in [0.5, 0.6) is 0 Å². The number of amides is 1. The minimum Gasteiger partial charge on any atom is -0.375 e. The number of thioether (sulfide) groups is 1. The lowest BCUT2D eigenvalue weighted by Gasteiger charge is -2.29. The Morgan fingerprint density at radius 3 is 2.70 bits per heavy atom. The minimum absolute atomic E-state index is 0.139. The molecular weight excluding hydrogens is 396 g/mol. The van der Waals surface area contributed by atoms with E-state index in [9.17, 15) is 4.79 Å². The van der Waals surface area contributed by atoms with Gasteiger partial charge in [-0.1, -0.05) is 48.2 Å². The summed E-state index contributed by atoms with van der Waals surface area (Å²) in [6.45, 7) is 3.53. The minimum atomic E-state index is 0.139. The largest absolute Gasteiger partial charge is 0.375 e. The van der Waals surface area contributed by atoms with Crippen molar-refractivity contribution in [1.82, 2.24) is 15.2 Å². The zero-order valence-corrected chi connectivity index (χ0v) is 18.0. The van der Waals surface area contributed by atoms with Crippen molar-refractivity contribution in [2.75, 3.05) is 24.3 Å². The molecule has 2 heterocycles. The molecular formula is C23H24N4O2S. The number of aromatic nitrogens is 3. The molecule has 3 aromatic rings. The number of fused-ring (bicyclic) bond motifs is 1. The van der Waals surface area contributed by atoms with Crippen molar-refractivity contribution < 1.29 is 9.53 Å². The monoisotopic (exact) mass is 420 g/mol. The molecule has 0 saturated heterocycles. The van der Waals surface area contributed by atoms with E-state index < -0.39 is 0 Å². The molecule has 1 aliphatic rings. The van der Waals surface area contributed by atoms with Gasteiger partial charge in [-0.25, -0.2) is 4.98 Å². The van der Waals surface area contributed by atoms with Crippen molar-refractivity contribution in [3.05, 3.63) is 65.4 Å². The summed E-state index contributed by atoms with van der Waals surface area (Å²) in [5.74, 6) is 0.139. The molecule has 1 amide bonds. The van der Waals surface area contributed by atoms with E-state index in [-0.39, 0.29) is 5.91 Å². The zero-order chi connectivity index (χ0) is 20.9. The molecule has 0 radical (unpaired) electrons. The summed E-state index contributed by atoms with van der Waals surface area (Å²) in [4.78, 5) is 18.9. The first kappa shape index (κ1) is 20.5. The fraction of sp³-hybridized carbons (Fsp3) is 0.304. The van der Waals surface area contributed by atoms with Crippen LogP contribution in [0, 0.1) is 6.92 Å². The normalized spacial score (nSPS) is 13.4. The number of hydrogen-bond acceptors (Lipinski definition) is 6. The van der Waals surface area contributed by atoms with Gasteiger partial charge in [-0.3, -0.25) is 4.79 Å². The van der Waals surface area contributed by atoms with Gasteiger partial charge in [0.25, 0.3) is 0 Å². The summed E-state index contributed by atoms with van der Waals surface area (Å²) in [7, 11) is 0. The third-order valence-electron chi connectivity index (χ3n) is 5.15. The van der Waals surface area contributed by atoms with E-state index in [2.05, 4.69) is 21.2 Å². The van der Waals surface area contributed by atoms with E-state index in [0.717, 1.165) is 40.2 Å². The molecule has 1 aromatic heterocycles. The fourth-order valence-corrected chi connectivity index (χ4v) is 3.96. The van der Waals surface area contributed by atoms with E-state index in [1.54, 1.807) is 0 Å². The quantitative estimate of drug-likeness (QED) is 0.424. The second-order valence-electron chi connectivity index (χ2n) is 7.16. The number of rotatable bonds is 7. The van der Waals surface area contributed by atoms with Gasteiger partial charge in [-0.15, -0.1) is 10.2 Å². The maximum atomic E-state index is 12.5. The van der Waals surface area contributed by atoms with Gasteiger partial charge in [0.05, 0.1) is 18.9 Å². The Kier molecular flexibility index (Phi) is 6.40. The third kappa shape index (κ3) is 4.52. The van der Waals surface area contributed by atoms with Crippen LogP contribution < -0.4 is 4.90 Å². The molecule has 1 aliphatic heterocycles. The molecule has 0 spiro atoms. The molecule has 0 bridgehead atoms. The van der Waals surface area contributed by atoms with Crippen molar-refractivity contribution in [3.8, 4) is 11.3 Å². The Hall–Kier alpha value is -2.77. The average molecular weight is 421 g/mol. The topological polar surface area (TPSA) is 68.2 Å². The van der Waals surface area contributed by atoms with Gasteiger partial charge in [-0.05, 0) is 42.9 Å². The van der Waals surface area contributed by atoms with E-state index in [1.165, 1.54) is 11.8 Å². The van der Waals surface area contributed by atoms with Gasteiger partial charge in [0.2, 0.25) is 11.1 Å². The van der Waals surface area contributed by atoms with Crippen LogP contribution in [0.3, 0.4) is 0 Å². The smallest absolute Gasteiger partial charge is 0.227 e. The van der Waals surface area contributed by atoms with Crippen LogP contribution in [0.4, 0.5) is 5.69 Å². The van der Waals surface area contributed by atoms with Crippen LogP contribution in [0.1, 0.15) is 23.2 Å². The van der Waals surface area contributed by atoms with Crippen molar-refractivity contribution >= 4 is 23.4 Å². The van der Waals surface area contributed by atoms with Crippen molar-refractivity contribution in [3.63, 3.8) is 0 Å². The van der Waals surface area contributed by atoms with E-state index >= 15 is 0 Å². The fourth-order valence-electron chi connectivity index (χ4n) is 3.61. The molecule has 6 nitrogen and oxygen atoms in total. The number of carbonyl (C=O) groups excluding carboxylic acids is 1. The number of nitrogens with zero attached hydrogens (tertiary/aromatic N) is 4. The second-order valence-corrected chi connectivity index (χ2v) is 7.93. The number of carbonyl (C=O) groups is 1. The predicted molar refractivity (Wildman–Crippen MR) is 119 cm³/mol. The SMILES string of the molecule is CSc1nnc(-c2ccc3c(c2)CCC(=O)N3CCOCc2ccccc2)c(C)n1. The molecule has 30 heavy (non-hydrogen) atoms. The third-order valence-corrected chi connectivity index (χ3v) is 5.69. The van der Waals surface area contributed by atoms with Crippen LogP contribution in [-0.2, 0) is 22.6 Å². The van der Waals surface area contributed by atoms with Gasteiger partial charge in [-0.2, -0.15) is 0 Å². The van der Waals surface area contributed by atoms with Crippen LogP contribution in [0.2, 0.25) is 0 Å². The summed E-state index contributed by atoms with van der Waals surface area (Å²) in [6.07, 6.45) is 3.17. The lowest BCUT2D eigenvalue weighted by atomic mass is 9.97. The van der Waals surface area contributed by atoms with Gasteiger partial charge < -0.3 is 9.64 Å². The van der Waals surface area contributed by atoms with Crippen molar-refractivity contribution in [2.45, 2.75) is 31.5 Å². The lowest BCUT2D eigenvalue weighted by Crippen LogP contribution is -2.37. The summed E-state index contributed by atoms with van der Waals surface area (Å²) in [6, 6.07) is 16.2. The zero-order valence-electron chi connectivity index (χ0n) is 17.2. The standard InChI is InChI=1S/C23H24N4O2S/c1-16-22(25-26-23(24-16)30-2)19-8-10-20-18(14-19)9-11-21(28)27(20)12-13-29-15-17-6-4-3-5-7-17/h3-8,10,14H,9,11-13,15H2,1-2H3. The highest BCUT2D eigenvalue weighted by Crippen LogP contribution is 2.32. The van der Waals surface area contributed by atoms with Crippen LogP contribution in [0.15, 0.2) is 53.7 Å². The summed E-state index contributed by atoms with van der Waals surface area (Å²) >= 11 is 1.48.